The van der Waals surface area contributed by atoms with E-state index in [1.54, 1.807) is 24.3 Å². The van der Waals surface area contributed by atoms with Crippen molar-refractivity contribution in [3.8, 4) is 0 Å². The average molecular weight is 453 g/mol. The topological polar surface area (TPSA) is 58.2 Å². The predicted molar refractivity (Wildman–Crippen MR) is 96.7 cm³/mol. The molecule has 2 aromatic carbocycles. The first-order valence-electron chi connectivity index (χ1n) is 8.45. The first kappa shape index (κ1) is 23.5. The summed E-state index contributed by atoms with van der Waals surface area (Å²) in [5, 5.41) is 5.22. The third-order valence-electron chi connectivity index (χ3n) is 3.89. The minimum absolute atomic E-state index is 0.0685. The molecule has 0 aliphatic rings. The van der Waals surface area contributed by atoms with Crippen LogP contribution in [0.2, 0.25) is 5.02 Å². The van der Waals surface area contributed by atoms with Gasteiger partial charge in [-0.05, 0) is 35.9 Å². The first-order valence-corrected chi connectivity index (χ1v) is 8.83. The lowest BCUT2D eigenvalue weighted by atomic mass is 10.0. The second-order valence-electron chi connectivity index (χ2n) is 6.20. The zero-order valence-electron chi connectivity index (χ0n) is 15.1. The molecule has 0 saturated heterocycles. The van der Waals surface area contributed by atoms with Gasteiger partial charge in [-0.3, -0.25) is 9.59 Å². The van der Waals surface area contributed by atoms with Gasteiger partial charge in [-0.2, -0.15) is 26.3 Å². The van der Waals surface area contributed by atoms with Crippen molar-refractivity contribution < 1.29 is 35.9 Å². The van der Waals surface area contributed by atoms with Gasteiger partial charge < -0.3 is 10.6 Å². The van der Waals surface area contributed by atoms with Gasteiger partial charge in [-0.1, -0.05) is 23.7 Å². The number of amides is 2. The molecule has 0 bridgehead atoms. The van der Waals surface area contributed by atoms with Gasteiger partial charge >= 0.3 is 12.4 Å². The Balaban J connectivity index is 1.95. The molecule has 0 heterocycles. The molecule has 0 spiro atoms. The number of hydrogen-bond acceptors (Lipinski definition) is 2. The number of alkyl halides is 6. The normalized spacial score (nSPS) is 11.8. The SMILES string of the molecule is O=C(CCNC(=O)c1cc(C(F)(F)F)cc(C(F)(F)F)c1)NCc1ccc(Cl)cc1. The zero-order chi connectivity index (χ0) is 22.5. The van der Waals surface area contributed by atoms with Crippen LogP contribution < -0.4 is 10.6 Å². The van der Waals surface area contributed by atoms with Crippen molar-refractivity contribution in [3.63, 3.8) is 0 Å². The zero-order valence-corrected chi connectivity index (χ0v) is 15.9. The molecule has 2 amide bonds. The predicted octanol–water partition coefficient (Wildman–Crippen LogP) is 4.81. The highest BCUT2D eigenvalue weighted by atomic mass is 35.5. The van der Waals surface area contributed by atoms with Gasteiger partial charge in [0.2, 0.25) is 5.91 Å². The van der Waals surface area contributed by atoms with Crippen molar-refractivity contribution >= 4 is 23.4 Å². The maximum atomic E-state index is 12.8. The highest BCUT2D eigenvalue weighted by molar-refractivity contribution is 6.30. The summed E-state index contributed by atoms with van der Waals surface area (Å²) in [4.78, 5) is 23.8. The third kappa shape index (κ3) is 6.94. The Labute approximate surface area is 172 Å². The van der Waals surface area contributed by atoms with Crippen LogP contribution in [-0.2, 0) is 23.7 Å². The quantitative estimate of drug-likeness (QED) is 0.618. The van der Waals surface area contributed by atoms with Gasteiger partial charge in [-0.25, -0.2) is 0 Å². The minimum Gasteiger partial charge on any atom is -0.352 e. The van der Waals surface area contributed by atoms with Crippen LogP contribution >= 0.6 is 11.6 Å². The lowest BCUT2D eigenvalue weighted by Gasteiger charge is -2.14. The number of halogens is 7. The fourth-order valence-electron chi connectivity index (χ4n) is 2.37. The summed E-state index contributed by atoms with van der Waals surface area (Å²) in [6, 6.07) is 7.23. The Morgan fingerprint density at radius 2 is 1.37 bits per heavy atom. The van der Waals surface area contributed by atoms with E-state index in [-0.39, 0.29) is 25.6 Å². The highest BCUT2D eigenvalue weighted by Gasteiger charge is 2.37. The molecule has 0 saturated carbocycles. The van der Waals surface area contributed by atoms with Crippen molar-refractivity contribution in [2.75, 3.05) is 6.54 Å². The summed E-state index contributed by atoms with van der Waals surface area (Å²) in [5.41, 5.74) is -3.23. The molecule has 11 heteroatoms. The second-order valence-corrected chi connectivity index (χ2v) is 6.64. The molecular formula is C19H15ClF6N2O2. The minimum atomic E-state index is -5.06. The highest BCUT2D eigenvalue weighted by Crippen LogP contribution is 2.36. The van der Waals surface area contributed by atoms with E-state index < -0.39 is 40.9 Å². The van der Waals surface area contributed by atoms with Gasteiger partial charge in [0.15, 0.2) is 0 Å². The van der Waals surface area contributed by atoms with E-state index in [1.807, 2.05) is 0 Å². The van der Waals surface area contributed by atoms with Crippen LogP contribution in [0, 0.1) is 0 Å². The third-order valence-corrected chi connectivity index (χ3v) is 4.14. The molecule has 0 aromatic heterocycles. The summed E-state index contributed by atoms with van der Waals surface area (Å²) in [7, 11) is 0. The van der Waals surface area contributed by atoms with Crippen molar-refractivity contribution in [1.29, 1.82) is 0 Å². The molecule has 0 aliphatic heterocycles. The fraction of sp³-hybridized carbons (Fsp3) is 0.263. The number of rotatable bonds is 6. The largest absolute Gasteiger partial charge is 0.416 e. The molecule has 30 heavy (non-hydrogen) atoms. The molecule has 0 unspecified atom stereocenters. The van der Waals surface area contributed by atoms with E-state index >= 15 is 0 Å². The Kier molecular flexibility index (Phi) is 7.35. The number of carbonyl (C=O) groups excluding carboxylic acids is 2. The van der Waals surface area contributed by atoms with Gasteiger partial charge in [0.05, 0.1) is 11.1 Å². The van der Waals surface area contributed by atoms with E-state index in [2.05, 4.69) is 10.6 Å². The van der Waals surface area contributed by atoms with E-state index in [9.17, 15) is 35.9 Å². The van der Waals surface area contributed by atoms with E-state index in [4.69, 9.17) is 11.6 Å². The van der Waals surface area contributed by atoms with Gasteiger partial charge in [0, 0.05) is 30.1 Å². The number of benzene rings is 2. The molecule has 4 nitrogen and oxygen atoms in total. The molecule has 0 radical (unpaired) electrons. The van der Waals surface area contributed by atoms with E-state index in [1.165, 1.54) is 0 Å². The van der Waals surface area contributed by atoms with Crippen LogP contribution in [0.25, 0.3) is 0 Å². The summed E-state index contributed by atoms with van der Waals surface area (Å²) in [6.07, 6.45) is -10.3. The summed E-state index contributed by atoms with van der Waals surface area (Å²) < 4.78 is 77.1. The van der Waals surface area contributed by atoms with Gasteiger partial charge in [-0.15, -0.1) is 0 Å². The fourth-order valence-corrected chi connectivity index (χ4v) is 2.49. The second kappa shape index (κ2) is 9.38. The van der Waals surface area contributed by atoms with Crippen molar-refractivity contribution in [3.05, 3.63) is 69.7 Å². The van der Waals surface area contributed by atoms with Crippen LogP contribution in [0.5, 0.6) is 0 Å². The van der Waals surface area contributed by atoms with Gasteiger partial charge in [0.1, 0.15) is 0 Å². The van der Waals surface area contributed by atoms with Crippen LogP contribution in [-0.4, -0.2) is 18.4 Å². The molecule has 2 rings (SSSR count). The van der Waals surface area contributed by atoms with Crippen LogP contribution in [0.4, 0.5) is 26.3 Å². The van der Waals surface area contributed by atoms with Crippen LogP contribution in [0.1, 0.15) is 33.5 Å². The molecule has 2 N–H and O–H groups in total. The summed E-state index contributed by atoms with van der Waals surface area (Å²) >= 11 is 5.74. The Bertz CT molecular complexity index is 878. The maximum Gasteiger partial charge on any atom is 0.416 e. The number of carbonyl (C=O) groups is 2. The Morgan fingerprint density at radius 1 is 0.833 bits per heavy atom. The van der Waals surface area contributed by atoms with Crippen molar-refractivity contribution in [2.24, 2.45) is 0 Å². The van der Waals surface area contributed by atoms with Crippen LogP contribution in [0.3, 0.4) is 0 Å². The monoisotopic (exact) mass is 452 g/mol. The van der Waals surface area contributed by atoms with E-state index in [0.717, 1.165) is 5.56 Å². The van der Waals surface area contributed by atoms with Gasteiger partial charge in [0.25, 0.3) is 5.91 Å². The molecule has 0 aliphatic carbocycles. The first-order chi connectivity index (χ1) is 13.9. The number of nitrogens with one attached hydrogen (secondary N) is 2. The lowest BCUT2D eigenvalue weighted by Crippen LogP contribution is -2.30. The molecule has 0 atom stereocenters. The van der Waals surface area contributed by atoms with Crippen molar-refractivity contribution in [2.45, 2.75) is 25.3 Å². The van der Waals surface area contributed by atoms with Crippen LogP contribution in [0.15, 0.2) is 42.5 Å². The molecule has 0 fully saturated rings. The molecular weight excluding hydrogens is 438 g/mol. The lowest BCUT2D eigenvalue weighted by molar-refractivity contribution is -0.143. The van der Waals surface area contributed by atoms with Crippen molar-refractivity contribution in [1.82, 2.24) is 10.6 Å². The smallest absolute Gasteiger partial charge is 0.352 e. The average Bonchev–Trinajstić information content (AvgIpc) is 2.65. The Hall–Kier alpha value is -2.75. The Morgan fingerprint density at radius 3 is 1.87 bits per heavy atom. The van der Waals surface area contributed by atoms with E-state index in [0.29, 0.717) is 17.2 Å². The standard InChI is InChI=1S/C19H15ClF6N2O2/c20-15-3-1-11(2-4-15)10-28-16(29)5-6-27-17(30)12-7-13(18(21,22)23)9-14(8-12)19(24,25)26/h1-4,7-9H,5-6,10H2,(H,27,30)(H,28,29). The number of hydrogen-bond donors (Lipinski definition) is 2. The molecule has 162 valence electrons. The molecule has 2 aromatic rings. The summed E-state index contributed by atoms with van der Waals surface area (Å²) in [6.45, 7) is -0.0879. The maximum absolute atomic E-state index is 12.8. The summed E-state index contributed by atoms with van der Waals surface area (Å²) in [5.74, 6) is -1.62.